The second-order valence-corrected chi connectivity index (χ2v) is 4.38. The quantitative estimate of drug-likeness (QED) is 0.643. The number of nitrogens with two attached hydrogens (primary N) is 1. The third kappa shape index (κ3) is 2.10. The lowest BCUT2D eigenvalue weighted by Gasteiger charge is -2.14. The average Bonchev–Trinajstić information content (AvgIpc) is 2.18. The minimum atomic E-state index is -0.736. The molecule has 0 saturated carbocycles. The van der Waals surface area contributed by atoms with E-state index in [1.165, 1.54) is 0 Å². The summed E-state index contributed by atoms with van der Waals surface area (Å²) in [6.07, 6.45) is 0.221. The summed E-state index contributed by atoms with van der Waals surface area (Å²) in [5.41, 5.74) is 5.79. The van der Waals surface area contributed by atoms with E-state index in [1.54, 1.807) is 11.8 Å². The third-order valence-corrected chi connectivity index (χ3v) is 3.56. The molecule has 11 heavy (non-hydrogen) atoms. The fraction of sp³-hybridized carbons (Fsp3) is 0.857. The van der Waals surface area contributed by atoms with E-state index in [1.807, 2.05) is 0 Å². The zero-order valence-corrected chi connectivity index (χ0v) is 7.30. The zero-order chi connectivity index (χ0) is 8.43. The molecule has 0 radical (unpaired) electrons. The lowest BCUT2D eigenvalue weighted by molar-refractivity contribution is -0.138. The van der Waals surface area contributed by atoms with Gasteiger partial charge in [-0.05, 0) is 11.7 Å². The van der Waals surface area contributed by atoms with E-state index in [9.17, 15) is 4.79 Å². The summed E-state index contributed by atoms with van der Waals surface area (Å²) in [4.78, 5) is 10.3. The average molecular weight is 175 g/mol. The van der Waals surface area contributed by atoms with Crippen LogP contribution in [-0.4, -0.2) is 28.1 Å². The van der Waals surface area contributed by atoms with Crippen molar-refractivity contribution in [3.63, 3.8) is 0 Å². The van der Waals surface area contributed by atoms with Gasteiger partial charge >= 0.3 is 5.97 Å². The molecule has 1 aliphatic rings. The van der Waals surface area contributed by atoms with Gasteiger partial charge in [0.05, 0.1) is 6.42 Å². The summed E-state index contributed by atoms with van der Waals surface area (Å²) in [6.45, 7) is 2.05. The molecule has 3 atom stereocenters. The number of thioether (sulfide) groups is 1. The van der Waals surface area contributed by atoms with Crippen LogP contribution >= 0.6 is 11.8 Å². The van der Waals surface area contributed by atoms with E-state index in [4.69, 9.17) is 10.8 Å². The number of hydrogen-bond acceptors (Lipinski definition) is 3. The summed E-state index contributed by atoms with van der Waals surface area (Å²) in [5, 5.41) is 8.93. The van der Waals surface area contributed by atoms with E-state index in [2.05, 4.69) is 6.92 Å². The molecule has 3 N–H and O–H groups in total. The highest BCUT2D eigenvalue weighted by atomic mass is 32.2. The van der Waals surface area contributed by atoms with E-state index >= 15 is 0 Å². The Morgan fingerprint density at radius 3 is 2.82 bits per heavy atom. The Morgan fingerprint density at radius 2 is 2.45 bits per heavy atom. The predicted molar refractivity (Wildman–Crippen MR) is 45.6 cm³/mol. The van der Waals surface area contributed by atoms with Crippen molar-refractivity contribution in [2.45, 2.75) is 24.6 Å². The van der Waals surface area contributed by atoms with Gasteiger partial charge in [0.2, 0.25) is 0 Å². The van der Waals surface area contributed by atoms with Gasteiger partial charge in [-0.25, -0.2) is 0 Å². The molecule has 0 bridgehead atoms. The number of rotatable bonds is 2. The van der Waals surface area contributed by atoms with Crippen LogP contribution < -0.4 is 5.73 Å². The maximum atomic E-state index is 10.3. The monoisotopic (exact) mass is 175 g/mol. The molecule has 0 aromatic heterocycles. The molecule has 3 nitrogen and oxygen atoms in total. The van der Waals surface area contributed by atoms with Gasteiger partial charge < -0.3 is 10.8 Å². The van der Waals surface area contributed by atoms with Crippen LogP contribution in [0.3, 0.4) is 0 Å². The highest BCUT2D eigenvalue weighted by molar-refractivity contribution is 8.00. The van der Waals surface area contributed by atoms with Crippen LogP contribution in [0.4, 0.5) is 0 Å². The molecule has 4 heteroatoms. The SMILES string of the molecule is CC1SCC(CC(=O)O)C1N. The molecule has 64 valence electrons. The smallest absolute Gasteiger partial charge is 0.303 e. The normalized spacial score (nSPS) is 37.5. The van der Waals surface area contributed by atoms with Crippen molar-refractivity contribution in [1.29, 1.82) is 0 Å². The molecule has 1 fully saturated rings. The molecule has 3 unspecified atom stereocenters. The largest absolute Gasteiger partial charge is 0.481 e. The lowest BCUT2D eigenvalue weighted by atomic mass is 9.97. The predicted octanol–water partition coefficient (Wildman–Crippen LogP) is 0.540. The summed E-state index contributed by atoms with van der Waals surface area (Å²) in [5.74, 6) is 0.335. The molecule has 1 aliphatic heterocycles. The van der Waals surface area contributed by atoms with Gasteiger partial charge in [0, 0.05) is 11.3 Å². The molecule has 0 aromatic rings. The van der Waals surface area contributed by atoms with Crippen LogP contribution in [0.15, 0.2) is 0 Å². The van der Waals surface area contributed by atoms with Crippen LogP contribution in [0, 0.1) is 5.92 Å². The number of carboxylic acids is 1. The van der Waals surface area contributed by atoms with Crippen LogP contribution in [-0.2, 0) is 4.79 Å². The Balaban J connectivity index is 2.42. The fourth-order valence-electron chi connectivity index (χ4n) is 1.30. The molecule has 0 aliphatic carbocycles. The van der Waals surface area contributed by atoms with Gasteiger partial charge in [0.15, 0.2) is 0 Å². The number of carbonyl (C=O) groups is 1. The highest BCUT2D eigenvalue weighted by Crippen LogP contribution is 2.31. The molecule has 0 amide bonds. The number of hydrogen-bond donors (Lipinski definition) is 2. The van der Waals surface area contributed by atoms with E-state index in [0.717, 1.165) is 5.75 Å². The number of carboxylic acid groups (broad SMARTS) is 1. The summed E-state index contributed by atoms with van der Waals surface area (Å²) < 4.78 is 0. The topological polar surface area (TPSA) is 63.3 Å². The number of aliphatic carboxylic acids is 1. The molecule has 0 aromatic carbocycles. The summed E-state index contributed by atoms with van der Waals surface area (Å²) in [7, 11) is 0. The van der Waals surface area contributed by atoms with Crippen molar-refractivity contribution in [3.05, 3.63) is 0 Å². The molecule has 1 heterocycles. The first-order valence-corrected chi connectivity index (χ1v) is 4.75. The van der Waals surface area contributed by atoms with E-state index in [0.29, 0.717) is 5.25 Å². The molecular formula is C7H13NO2S. The first kappa shape index (κ1) is 8.87. The highest BCUT2D eigenvalue weighted by Gasteiger charge is 2.32. The van der Waals surface area contributed by atoms with Crippen molar-refractivity contribution >= 4 is 17.7 Å². The van der Waals surface area contributed by atoms with Gasteiger partial charge in [0.25, 0.3) is 0 Å². The molecule has 1 rings (SSSR count). The van der Waals surface area contributed by atoms with Crippen LogP contribution in [0.25, 0.3) is 0 Å². The maximum Gasteiger partial charge on any atom is 0.303 e. The second kappa shape index (κ2) is 3.45. The van der Waals surface area contributed by atoms with Crippen LogP contribution in [0.1, 0.15) is 13.3 Å². The Morgan fingerprint density at radius 1 is 1.82 bits per heavy atom. The minimum absolute atomic E-state index is 0.0658. The van der Waals surface area contributed by atoms with Crippen molar-refractivity contribution in [2.75, 3.05) is 5.75 Å². The summed E-state index contributed by atoms with van der Waals surface area (Å²) >= 11 is 1.77. The Bertz CT molecular complexity index is 163. The van der Waals surface area contributed by atoms with Gasteiger partial charge in [-0.15, -0.1) is 0 Å². The third-order valence-electron chi connectivity index (χ3n) is 2.10. The fourth-order valence-corrected chi connectivity index (χ4v) is 2.64. The van der Waals surface area contributed by atoms with Crippen molar-refractivity contribution < 1.29 is 9.90 Å². The van der Waals surface area contributed by atoms with Crippen LogP contribution in [0.2, 0.25) is 0 Å². The molecule has 0 spiro atoms. The zero-order valence-electron chi connectivity index (χ0n) is 6.49. The molecule has 1 saturated heterocycles. The standard InChI is InChI=1S/C7H13NO2S/c1-4-7(8)5(3-11-4)2-6(9)10/h4-5,7H,2-3,8H2,1H3,(H,9,10). The first-order chi connectivity index (χ1) is 5.11. The van der Waals surface area contributed by atoms with Crippen molar-refractivity contribution in [2.24, 2.45) is 11.7 Å². The Labute approximate surface area is 70.3 Å². The van der Waals surface area contributed by atoms with Gasteiger partial charge in [-0.1, -0.05) is 6.92 Å². The second-order valence-electron chi connectivity index (χ2n) is 2.97. The molecular weight excluding hydrogens is 162 g/mol. The van der Waals surface area contributed by atoms with E-state index < -0.39 is 5.97 Å². The maximum absolute atomic E-state index is 10.3. The van der Waals surface area contributed by atoms with Gasteiger partial charge in [0.1, 0.15) is 0 Å². The first-order valence-electron chi connectivity index (χ1n) is 3.70. The van der Waals surface area contributed by atoms with E-state index in [-0.39, 0.29) is 18.4 Å². The minimum Gasteiger partial charge on any atom is -0.481 e. The Hall–Kier alpha value is -0.220. The van der Waals surface area contributed by atoms with Crippen LogP contribution in [0.5, 0.6) is 0 Å². The van der Waals surface area contributed by atoms with Gasteiger partial charge in [-0.3, -0.25) is 4.79 Å². The van der Waals surface area contributed by atoms with Gasteiger partial charge in [-0.2, -0.15) is 11.8 Å². The summed E-state index contributed by atoms with van der Waals surface area (Å²) in [6, 6.07) is 0.0658. The lowest BCUT2D eigenvalue weighted by Crippen LogP contribution is -2.34. The van der Waals surface area contributed by atoms with Crippen molar-refractivity contribution in [1.82, 2.24) is 0 Å². The Kier molecular flexibility index (Phi) is 2.78. The van der Waals surface area contributed by atoms with Crippen molar-refractivity contribution in [3.8, 4) is 0 Å².